The van der Waals surface area contributed by atoms with Gasteiger partial charge in [0.25, 0.3) is 5.91 Å². The monoisotopic (exact) mass is 488 g/mol. The van der Waals surface area contributed by atoms with Crippen molar-refractivity contribution in [2.24, 2.45) is 5.10 Å². The molecule has 2 aliphatic heterocycles. The number of hydrazone groups is 1. The van der Waals surface area contributed by atoms with Crippen LogP contribution >= 0.6 is 27.5 Å². The molecular formula is C22H22BrClN4O2. The SMILES string of the molecule is Cc1ccc(Cl)cc1N1CCN(C(=O)C2=NN(c3ccc(Br)cc3)C(=O)CC2)CC1. The fourth-order valence-electron chi connectivity index (χ4n) is 3.75. The Morgan fingerprint density at radius 2 is 1.73 bits per heavy atom. The highest BCUT2D eigenvalue weighted by atomic mass is 79.9. The number of hydrogen-bond acceptors (Lipinski definition) is 4. The Morgan fingerprint density at radius 3 is 2.43 bits per heavy atom. The van der Waals surface area contributed by atoms with E-state index in [-0.39, 0.29) is 18.2 Å². The number of carbonyl (C=O) groups excluding carboxylic acids is 2. The number of piperazine rings is 1. The molecule has 8 heteroatoms. The minimum atomic E-state index is -0.102. The van der Waals surface area contributed by atoms with Crippen LogP contribution in [0, 0.1) is 6.92 Å². The number of halogens is 2. The minimum absolute atomic E-state index is 0.0907. The molecule has 156 valence electrons. The van der Waals surface area contributed by atoms with Crippen LogP contribution in [0.1, 0.15) is 18.4 Å². The molecule has 0 saturated carbocycles. The van der Waals surface area contributed by atoms with Gasteiger partial charge in [-0.3, -0.25) is 9.59 Å². The average molecular weight is 490 g/mol. The van der Waals surface area contributed by atoms with Gasteiger partial charge in [0.05, 0.1) is 5.69 Å². The summed E-state index contributed by atoms with van der Waals surface area (Å²) in [6.07, 6.45) is 0.653. The van der Waals surface area contributed by atoms with E-state index in [1.807, 2.05) is 47.4 Å². The summed E-state index contributed by atoms with van der Waals surface area (Å²) in [4.78, 5) is 29.5. The number of benzene rings is 2. The van der Waals surface area contributed by atoms with Crippen molar-refractivity contribution in [1.82, 2.24) is 4.90 Å². The maximum atomic E-state index is 13.1. The predicted octanol–water partition coefficient (Wildman–Crippen LogP) is 4.24. The van der Waals surface area contributed by atoms with Crippen LogP contribution in [-0.2, 0) is 9.59 Å². The summed E-state index contributed by atoms with van der Waals surface area (Å²) in [6.45, 7) is 4.74. The normalized spacial score (nSPS) is 17.2. The minimum Gasteiger partial charge on any atom is -0.368 e. The number of aryl methyl sites for hydroxylation is 1. The molecule has 0 aliphatic carbocycles. The number of amides is 2. The van der Waals surface area contributed by atoms with Crippen LogP contribution in [-0.4, -0.2) is 48.6 Å². The van der Waals surface area contributed by atoms with Gasteiger partial charge in [-0.1, -0.05) is 33.6 Å². The Balaban J connectivity index is 1.46. The first-order chi connectivity index (χ1) is 14.4. The Labute approximate surface area is 189 Å². The quantitative estimate of drug-likeness (QED) is 0.648. The lowest BCUT2D eigenvalue weighted by atomic mass is 10.1. The molecule has 0 N–H and O–H groups in total. The third-order valence-corrected chi connectivity index (χ3v) is 6.19. The van der Waals surface area contributed by atoms with Crippen LogP contribution in [0.4, 0.5) is 11.4 Å². The molecule has 2 aliphatic rings. The smallest absolute Gasteiger partial charge is 0.270 e. The largest absolute Gasteiger partial charge is 0.368 e. The lowest BCUT2D eigenvalue weighted by Gasteiger charge is -2.37. The molecule has 0 spiro atoms. The lowest BCUT2D eigenvalue weighted by molar-refractivity contribution is -0.124. The maximum absolute atomic E-state index is 13.1. The van der Waals surface area contributed by atoms with E-state index in [1.165, 1.54) is 10.6 Å². The van der Waals surface area contributed by atoms with Crippen molar-refractivity contribution in [3.63, 3.8) is 0 Å². The highest BCUT2D eigenvalue weighted by molar-refractivity contribution is 9.10. The van der Waals surface area contributed by atoms with E-state index in [0.717, 1.165) is 23.2 Å². The molecule has 30 heavy (non-hydrogen) atoms. The van der Waals surface area contributed by atoms with Crippen LogP contribution < -0.4 is 9.91 Å². The van der Waals surface area contributed by atoms with E-state index >= 15 is 0 Å². The Bertz CT molecular complexity index is 1000. The van der Waals surface area contributed by atoms with E-state index in [9.17, 15) is 9.59 Å². The molecule has 0 unspecified atom stereocenters. The molecule has 2 heterocycles. The molecule has 0 atom stereocenters. The van der Waals surface area contributed by atoms with Gasteiger partial charge in [-0.2, -0.15) is 5.10 Å². The van der Waals surface area contributed by atoms with Crippen LogP contribution in [0.5, 0.6) is 0 Å². The third kappa shape index (κ3) is 4.37. The molecule has 2 amide bonds. The van der Waals surface area contributed by atoms with Crippen LogP contribution in [0.2, 0.25) is 5.02 Å². The highest BCUT2D eigenvalue weighted by Crippen LogP contribution is 2.26. The van der Waals surface area contributed by atoms with Gasteiger partial charge in [0.1, 0.15) is 5.71 Å². The van der Waals surface area contributed by atoms with Gasteiger partial charge in [0.15, 0.2) is 0 Å². The zero-order valence-electron chi connectivity index (χ0n) is 16.6. The van der Waals surface area contributed by atoms with Crippen molar-refractivity contribution in [1.29, 1.82) is 0 Å². The average Bonchev–Trinajstić information content (AvgIpc) is 2.76. The van der Waals surface area contributed by atoms with Gasteiger partial charge in [-0.15, -0.1) is 0 Å². The predicted molar refractivity (Wildman–Crippen MR) is 123 cm³/mol. The number of carbonyl (C=O) groups is 2. The molecule has 2 aromatic rings. The number of rotatable bonds is 3. The number of hydrogen-bond donors (Lipinski definition) is 0. The van der Waals surface area contributed by atoms with Crippen molar-refractivity contribution in [2.45, 2.75) is 19.8 Å². The molecule has 0 bridgehead atoms. The van der Waals surface area contributed by atoms with Gasteiger partial charge < -0.3 is 9.80 Å². The second kappa shape index (κ2) is 8.78. The standard InChI is InChI=1S/C22H22BrClN4O2/c1-15-2-5-17(24)14-20(15)26-10-12-27(13-11-26)22(30)19-8-9-21(29)28(25-19)18-6-3-16(23)4-7-18/h2-7,14H,8-13H2,1H3. The van der Waals surface area contributed by atoms with E-state index in [2.05, 4.69) is 32.9 Å². The Hall–Kier alpha value is -2.38. The summed E-state index contributed by atoms with van der Waals surface area (Å²) < 4.78 is 0.920. The highest BCUT2D eigenvalue weighted by Gasteiger charge is 2.30. The molecule has 1 saturated heterocycles. The van der Waals surface area contributed by atoms with E-state index < -0.39 is 0 Å². The van der Waals surface area contributed by atoms with E-state index in [4.69, 9.17) is 11.6 Å². The topological polar surface area (TPSA) is 56.2 Å². The van der Waals surface area contributed by atoms with Crippen molar-refractivity contribution in [3.8, 4) is 0 Å². The molecule has 4 rings (SSSR count). The summed E-state index contributed by atoms with van der Waals surface area (Å²) in [6, 6.07) is 13.2. The lowest BCUT2D eigenvalue weighted by Crippen LogP contribution is -2.51. The summed E-state index contributed by atoms with van der Waals surface area (Å²) in [7, 11) is 0. The van der Waals surface area contributed by atoms with Crippen LogP contribution in [0.25, 0.3) is 0 Å². The number of nitrogens with zero attached hydrogens (tertiary/aromatic N) is 4. The first kappa shape index (κ1) is 20.9. The van der Waals surface area contributed by atoms with Crippen LogP contribution in [0.3, 0.4) is 0 Å². The molecule has 0 radical (unpaired) electrons. The molecule has 0 aromatic heterocycles. The van der Waals surface area contributed by atoms with Gasteiger partial charge in [-0.25, -0.2) is 5.01 Å². The van der Waals surface area contributed by atoms with E-state index in [1.54, 1.807) is 0 Å². The van der Waals surface area contributed by atoms with E-state index in [0.29, 0.717) is 35.9 Å². The van der Waals surface area contributed by atoms with Crippen molar-refractivity contribution in [3.05, 3.63) is 57.5 Å². The van der Waals surface area contributed by atoms with Gasteiger partial charge in [0.2, 0.25) is 5.91 Å². The Kier molecular flexibility index (Phi) is 6.11. The zero-order chi connectivity index (χ0) is 21.3. The molecule has 6 nitrogen and oxygen atoms in total. The van der Waals surface area contributed by atoms with Crippen molar-refractivity contribution < 1.29 is 9.59 Å². The first-order valence-electron chi connectivity index (χ1n) is 9.89. The van der Waals surface area contributed by atoms with Crippen molar-refractivity contribution in [2.75, 3.05) is 36.1 Å². The van der Waals surface area contributed by atoms with Gasteiger partial charge in [-0.05, 0) is 48.9 Å². The van der Waals surface area contributed by atoms with Crippen molar-refractivity contribution >= 4 is 56.4 Å². The van der Waals surface area contributed by atoms with Crippen LogP contribution in [0.15, 0.2) is 52.0 Å². The summed E-state index contributed by atoms with van der Waals surface area (Å²) in [5.74, 6) is -0.192. The van der Waals surface area contributed by atoms with Gasteiger partial charge in [0, 0.05) is 54.2 Å². The third-order valence-electron chi connectivity index (χ3n) is 5.43. The second-order valence-corrected chi connectivity index (χ2v) is 8.79. The zero-order valence-corrected chi connectivity index (χ0v) is 19.0. The summed E-state index contributed by atoms with van der Waals surface area (Å²) in [5, 5.41) is 6.46. The second-order valence-electron chi connectivity index (χ2n) is 7.44. The Morgan fingerprint density at radius 1 is 1.03 bits per heavy atom. The maximum Gasteiger partial charge on any atom is 0.270 e. The fraction of sp³-hybridized carbons (Fsp3) is 0.318. The molecular weight excluding hydrogens is 468 g/mol. The van der Waals surface area contributed by atoms with Gasteiger partial charge >= 0.3 is 0 Å². The fourth-order valence-corrected chi connectivity index (χ4v) is 4.18. The summed E-state index contributed by atoms with van der Waals surface area (Å²) in [5.41, 5.74) is 3.37. The number of anilines is 2. The summed E-state index contributed by atoms with van der Waals surface area (Å²) >= 11 is 9.55. The molecule has 2 aromatic carbocycles. The molecule has 1 fully saturated rings. The first-order valence-corrected chi connectivity index (χ1v) is 11.1.